The summed E-state index contributed by atoms with van der Waals surface area (Å²) in [7, 11) is -5.12. The summed E-state index contributed by atoms with van der Waals surface area (Å²) in [4.78, 5) is 0. The van der Waals surface area contributed by atoms with Crippen molar-refractivity contribution in [2.24, 2.45) is 40.4 Å². The van der Waals surface area contributed by atoms with Crippen LogP contribution in [0.3, 0.4) is 0 Å². The van der Waals surface area contributed by atoms with Gasteiger partial charge in [0.2, 0.25) is 10.4 Å². The summed E-state index contributed by atoms with van der Waals surface area (Å²) in [5, 5.41) is 146. The number of epoxide rings is 1. The summed E-state index contributed by atoms with van der Waals surface area (Å²) in [6.07, 6.45) is -36.6. The van der Waals surface area contributed by atoms with Crippen molar-refractivity contribution in [3.8, 4) is 0 Å². The first-order valence-corrected chi connectivity index (χ1v) is 31.5. The van der Waals surface area contributed by atoms with Crippen molar-refractivity contribution >= 4 is 10.4 Å². The largest absolute Gasteiger partial charge is 1.00 e. The standard InChI is InChI=1S/C56H92O28S.Na/c1-20(2)15-30-48(77-30)56(8,69)33-10-9-26-25-17-29(28-16-24(84-85(70,71)72)11-13-54(28,6)27(25)12-14-55(26,33)7)78-51-44(68)45(36(60)23(5)76-51)81-52-46(82-49-42(66)39(63)34(58)21(3)74-49)38(62)32(19-73-52)80-53-47(41(65)37(61)31(18-57)79-53)83-50-43(67)40(64)35(59)22(4)75-50;/h12,20-26,28-53,57-69H,9-11,13-19H2,1-8H3,(H,70,71,72);/q;+1/p-1/t21-,22+,23+,24-,25-,26-,28+,29-,30-,31+,32+,33-,34-,35+,36+,37-,38-,39+,40-,41-,42-,43+,44+,45-,46+,47+,48+,49+,50-,51-,52-,53-,54+,55-,56-;/m0./s1. The van der Waals surface area contributed by atoms with Gasteiger partial charge in [0, 0.05) is 0 Å². The van der Waals surface area contributed by atoms with E-state index in [1.54, 1.807) is 0 Å². The zero-order valence-corrected chi connectivity index (χ0v) is 52.9. The molecule has 3 saturated carbocycles. The van der Waals surface area contributed by atoms with Crippen LogP contribution in [-0.2, 0) is 66.7 Å². The fourth-order valence-electron chi connectivity index (χ4n) is 16.1. The minimum absolute atomic E-state index is 0. The smallest absolute Gasteiger partial charge is 0.726 e. The fraction of sp³-hybridized carbons (Fsp3) is 0.964. The molecule has 0 aromatic rings. The third-order valence-electron chi connectivity index (χ3n) is 20.9. The molecule has 13 N–H and O–H groups in total. The Labute approximate surface area is 522 Å². The zero-order chi connectivity index (χ0) is 61.9. The number of allylic oxidation sites excluding steroid dienone is 2. The molecule has 10 aliphatic rings. The van der Waals surface area contributed by atoms with E-state index in [9.17, 15) is 79.4 Å². The molecule has 4 aliphatic carbocycles. The van der Waals surface area contributed by atoms with E-state index in [1.807, 2.05) is 6.92 Å². The maximum Gasteiger partial charge on any atom is 1.00 e. The Balaban J connectivity index is 0.00000884. The molecule has 0 bridgehead atoms. The van der Waals surface area contributed by atoms with Crippen LogP contribution >= 0.6 is 0 Å². The summed E-state index contributed by atoms with van der Waals surface area (Å²) >= 11 is 0. The molecule has 0 spiro atoms. The van der Waals surface area contributed by atoms with E-state index >= 15 is 0 Å². The monoisotopic (exact) mass is 1270 g/mol. The minimum atomic E-state index is -5.12. The van der Waals surface area contributed by atoms with Gasteiger partial charge in [-0.1, -0.05) is 39.3 Å². The van der Waals surface area contributed by atoms with Gasteiger partial charge < -0.3 is 123 Å². The number of ether oxygens (including phenoxy) is 11. The Kier molecular flexibility index (Phi) is 21.8. The van der Waals surface area contributed by atoms with Crippen molar-refractivity contribution in [2.45, 2.75) is 284 Å². The molecule has 28 nitrogen and oxygen atoms in total. The molecule has 10 rings (SSSR count). The van der Waals surface area contributed by atoms with Crippen LogP contribution in [-0.4, -0.2) is 270 Å². The van der Waals surface area contributed by atoms with E-state index < -0.39 is 200 Å². The van der Waals surface area contributed by atoms with Gasteiger partial charge in [-0.05, 0) is 119 Å². The summed E-state index contributed by atoms with van der Waals surface area (Å²) < 4.78 is 109. The molecule has 490 valence electrons. The molecule has 35 atom stereocenters. The van der Waals surface area contributed by atoms with E-state index in [0.717, 1.165) is 19.3 Å². The molecular weight excluding hydrogens is 1180 g/mol. The summed E-state index contributed by atoms with van der Waals surface area (Å²) in [5.41, 5.74) is -0.946. The molecule has 0 unspecified atom stereocenters. The Hall–Kier alpha value is -0.350. The maximum atomic E-state index is 12.4. The van der Waals surface area contributed by atoms with Gasteiger partial charge in [0.25, 0.3) is 0 Å². The molecular formula is C56H91NaO28S. The van der Waals surface area contributed by atoms with E-state index in [2.05, 4.69) is 33.8 Å². The van der Waals surface area contributed by atoms with Gasteiger partial charge in [-0.15, -0.1) is 0 Å². The molecule has 0 amide bonds. The van der Waals surface area contributed by atoms with Crippen LogP contribution in [0.2, 0.25) is 0 Å². The Morgan fingerprint density at radius 3 is 1.77 bits per heavy atom. The second-order valence-corrected chi connectivity index (χ2v) is 27.9. The minimum Gasteiger partial charge on any atom is -0.726 e. The summed E-state index contributed by atoms with van der Waals surface area (Å²) in [5.74, 6) is -0.288. The predicted octanol–water partition coefficient (Wildman–Crippen LogP) is -6.21. The van der Waals surface area contributed by atoms with Crippen LogP contribution in [0.25, 0.3) is 0 Å². The second kappa shape index (κ2) is 26.8. The van der Waals surface area contributed by atoms with Gasteiger partial charge in [0.1, 0.15) is 104 Å². The average molecular weight is 1270 g/mol. The number of hydrogen-bond acceptors (Lipinski definition) is 28. The number of aliphatic hydroxyl groups excluding tert-OH is 12. The molecule has 0 radical (unpaired) electrons. The SMILES string of the molecule is CC(C)C[C@@H]1O[C@H]1[C@@](C)(O)[C@H]1CC[C@H]2[C@@H]3C[C@H](O[C@@H]4O[C@H](C)[C@@H](O)[C@H](O[C@@H]5OC[C@@H](O[C@@H]6O[C@H](CO)[C@H](O)[C@H](O)[C@H]6O[C@@H]6O[C@H](C)[C@@H](O)[C@H](O)[C@H]6O)[C@H](O)[C@H]5O[C@H]5O[C@@H](C)[C@H](O)[C@@H](O)[C@@H]5O)[C@H]4O)[C@H]4C[C@@H](OS(=O)(=O)[O-])CC[C@]4(C)C3=CC[C@]12C.[Na+]. The van der Waals surface area contributed by atoms with Crippen molar-refractivity contribution in [2.75, 3.05) is 13.2 Å². The summed E-state index contributed by atoms with van der Waals surface area (Å²) in [6.45, 7) is 13.2. The molecule has 6 aliphatic heterocycles. The zero-order valence-electron chi connectivity index (χ0n) is 50.0. The van der Waals surface area contributed by atoms with Crippen LogP contribution in [0.5, 0.6) is 0 Å². The van der Waals surface area contributed by atoms with Crippen LogP contribution < -0.4 is 29.6 Å². The van der Waals surface area contributed by atoms with Crippen molar-refractivity contribution in [1.82, 2.24) is 0 Å². The Bertz CT molecular complexity index is 2430. The normalized spacial score (nSPS) is 53.1. The Morgan fingerprint density at radius 1 is 0.628 bits per heavy atom. The number of fused-ring (bicyclic) bond motifs is 5. The van der Waals surface area contributed by atoms with Gasteiger partial charge in [-0.25, -0.2) is 8.42 Å². The first kappa shape index (κ1) is 70.0. The van der Waals surface area contributed by atoms with Gasteiger partial charge >= 0.3 is 29.6 Å². The molecule has 6 heterocycles. The molecule has 9 fully saturated rings. The van der Waals surface area contributed by atoms with Crippen molar-refractivity contribution in [1.29, 1.82) is 0 Å². The maximum absolute atomic E-state index is 12.4. The van der Waals surface area contributed by atoms with Crippen LogP contribution in [0.4, 0.5) is 0 Å². The molecule has 0 aromatic heterocycles. The Morgan fingerprint density at radius 2 is 1.19 bits per heavy atom. The van der Waals surface area contributed by atoms with E-state index in [0.29, 0.717) is 25.2 Å². The number of rotatable bonds is 17. The van der Waals surface area contributed by atoms with Gasteiger partial charge in [-0.2, -0.15) is 0 Å². The number of hydrogen-bond donors (Lipinski definition) is 13. The quantitative estimate of drug-likeness (QED) is 0.0212. The molecule has 86 heavy (non-hydrogen) atoms. The van der Waals surface area contributed by atoms with E-state index in [1.165, 1.54) is 26.3 Å². The van der Waals surface area contributed by atoms with Crippen molar-refractivity contribution in [3.05, 3.63) is 11.6 Å². The second-order valence-electron chi connectivity index (χ2n) is 26.9. The number of aliphatic hydroxyl groups is 13. The summed E-state index contributed by atoms with van der Waals surface area (Å²) in [6, 6.07) is 0. The van der Waals surface area contributed by atoms with Crippen LogP contribution in [0.15, 0.2) is 11.6 Å². The van der Waals surface area contributed by atoms with Crippen LogP contribution in [0.1, 0.15) is 107 Å². The van der Waals surface area contributed by atoms with Crippen molar-refractivity contribution < 1.29 is 165 Å². The fourth-order valence-corrected chi connectivity index (χ4v) is 16.7. The van der Waals surface area contributed by atoms with Gasteiger partial charge in [-0.3, -0.25) is 4.18 Å². The van der Waals surface area contributed by atoms with Crippen molar-refractivity contribution in [3.63, 3.8) is 0 Å². The van der Waals surface area contributed by atoms with Gasteiger partial charge in [0.05, 0.1) is 55.4 Å². The van der Waals surface area contributed by atoms with Crippen LogP contribution in [0, 0.1) is 40.4 Å². The van der Waals surface area contributed by atoms with E-state index in [-0.39, 0.29) is 77.8 Å². The first-order valence-electron chi connectivity index (χ1n) is 30.1. The third kappa shape index (κ3) is 13.4. The first-order chi connectivity index (χ1) is 39.8. The predicted molar refractivity (Wildman–Crippen MR) is 283 cm³/mol. The van der Waals surface area contributed by atoms with E-state index in [4.69, 9.17) is 56.3 Å². The third-order valence-corrected chi connectivity index (χ3v) is 21.4. The molecule has 0 aromatic carbocycles. The van der Waals surface area contributed by atoms with Gasteiger partial charge in [0.15, 0.2) is 31.5 Å². The molecule has 6 saturated heterocycles. The topological polar surface area (TPSA) is 434 Å². The average Bonchev–Trinajstić information content (AvgIpc) is 1.38. The molecule has 30 heteroatoms.